The Balaban J connectivity index is 2.36. The van der Waals surface area contributed by atoms with Gasteiger partial charge in [-0.05, 0) is 67.1 Å². The van der Waals surface area contributed by atoms with Crippen LogP contribution in [0.2, 0.25) is 0 Å². The Kier molecular flexibility index (Phi) is 6.15. The predicted octanol–water partition coefficient (Wildman–Crippen LogP) is 2.50. The van der Waals surface area contributed by atoms with Gasteiger partial charge in [0.25, 0.3) is 0 Å². The van der Waals surface area contributed by atoms with Gasteiger partial charge in [0.1, 0.15) is 0 Å². The van der Waals surface area contributed by atoms with Gasteiger partial charge >= 0.3 is 5.97 Å². The zero-order valence-corrected chi connectivity index (χ0v) is 16.3. The molecule has 0 bridgehead atoms. The number of carboxylic acid groups (broad SMARTS) is 1. The number of aryl methyl sites for hydroxylation is 2. The minimum atomic E-state index is -3.72. The molecule has 2 aromatic rings. The molecular formula is C19H24N2O4S. The van der Waals surface area contributed by atoms with Crippen molar-refractivity contribution in [3.63, 3.8) is 0 Å². The molecule has 0 amide bonds. The second kappa shape index (κ2) is 7.97. The number of aromatic nitrogens is 1. The summed E-state index contributed by atoms with van der Waals surface area (Å²) in [6, 6.07) is 5.45. The fourth-order valence-corrected chi connectivity index (χ4v) is 4.76. The fraction of sp³-hybridized carbons (Fsp3) is 0.368. The minimum Gasteiger partial charge on any atom is -0.481 e. The van der Waals surface area contributed by atoms with Crippen molar-refractivity contribution in [3.05, 3.63) is 58.4 Å². The van der Waals surface area contributed by atoms with Gasteiger partial charge < -0.3 is 5.11 Å². The minimum absolute atomic E-state index is 0.193. The fourth-order valence-electron chi connectivity index (χ4n) is 3.14. The number of sulfonamides is 1. The first-order valence-electron chi connectivity index (χ1n) is 8.31. The molecule has 0 aliphatic heterocycles. The number of hydrogen-bond acceptors (Lipinski definition) is 4. The molecule has 7 heteroatoms. The highest BCUT2D eigenvalue weighted by Crippen LogP contribution is 2.29. The van der Waals surface area contributed by atoms with Gasteiger partial charge in [-0.15, -0.1) is 0 Å². The maximum Gasteiger partial charge on any atom is 0.307 e. The van der Waals surface area contributed by atoms with E-state index in [-0.39, 0.29) is 11.3 Å². The number of nitrogens with zero attached hydrogens (tertiary/aromatic N) is 2. The first-order valence-corrected chi connectivity index (χ1v) is 9.75. The highest BCUT2D eigenvalue weighted by Gasteiger charge is 2.27. The topological polar surface area (TPSA) is 87.6 Å². The van der Waals surface area contributed by atoms with Gasteiger partial charge in [0, 0.05) is 26.0 Å². The van der Waals surface area contributed by atoms with Crippen LogP contribution >= 0.6 is 0 Å². The standard InChI is InChI=1S/C19H24N2O4S/c1-13-11-14(2)19(15(3)17(13)12-18(22)23)26(24,25)21(4)10-7-16-5-8-20-9-6-16/h5-6,8-9,11H,7,10,12H2,1-4H3,(H,22,23). The van der Waals surface area contributed by atoms with Crippen molar-refractivity contribution in [3.8, 4) is 0 Å². The highest BCUT2D eigenvalue weighted by atomic mass is 32.2. The van der Waals surface area contributed by atoms with Crippen LogP contribution in [0, 0.1) is 20.8 Å². The third-order valence-corrected chi connectivity index (χ3v) is 6.67. The van der Waals surface area contributed by atoms with Crippen LogP contribution in [0.15, 0.2) is 35.5 Å². The summed E-state index contributed by atoms with van der Waals surface area (Å²) in [4.78, 5) is 15.3. The van der Waals surface area contributed by atoms with E-state index in [1.54, 1.807) is 39.4 Å². The van der Waals surface area contributed by atoms with Crippen LogP contribution in [0.3, 0.4) is 0 Å². The molecule has 0 radical (unpaired) electrons. The van der Waals surface area contributed by atoms with Crippen molar-refractivity contribution in [2.75, 3.05) is 13.6 Å². The van der Waals surface area contributed by atoms with Crippen molar-refractivity contribution < 1.29 is 18.3 Å². The van der Waals surface area contributed by atoms with Crippen LogP contribution in [0.4, 0.5) is 0 Å². The number of rotatable bonds is 7. The molecule has 0 unspecified atom stereocenters. The molecule has 140 valence electrons. The Morgan fingerprint density at radius 2 is 1.77 bits per heavy atom. The molecule has 0 aliphatic rings. The van der Waals surface area contributed by atoms with Crippen molar-refractivity contribution >= 4 is 16.0 Å². The van der Waals surface area contributed by atoms with Crippen molar-refractivity contribution in [1.29, 1.82) is 0 Å². The van der Waals surface area contributed by atoms with Gasteiger partial charge in [-0.3, -0.25) is 9.78 Å². The van der Waals surface area contributed by atoms with Gasteiger partial charge in [0.05, 0.1) is 11.3 Å². The molecule has 2 rings (SSSR count). The largest absolute Gasteiger partial charge is 0.481 e. The van der Waals surface area contributed by atoms with E-state index in [1.165, 1.54) is 4.31 Å². The molecule has 1 aromatic carbocycles. The molecule has 0 saturated heterocycles. The molecule has 0 saturated carbocycles. The van der Waals surface area contributed by atoms with Crippen molar-refractivity contribution in [2.45, 2.75) is 38.5 Å². The quantitative estimate of drug-likeness (QED) is 0.802. The Morgan fingerprint density at radius 1 is 1.15 bits per heavy atom. The lowest BCUT2D eigenvalue weighted by Crippen LogP contribution is -2.30. The van der Waals surface area contributed by atoms with E-state index in [4.69, 9.17) is 5.11 Å². The average molecular weight is 376 g/mol. The van der Waals surface area contributed by atoms with Crippen molar-refractivity contribution in [2.24, 2.45) is 0 Å². The van der Waals surface area contributed by atoms with E-state index in [9.17, 15) is 13.2 Å². The van der Waals surface area contributed by atoms with Crippen LogP contribution in [0.25, 0.3) is 0 Å². The van der Waals surface area contributed by atoms with Crippen LogP contribution in [-0.2, 0) is 27.7 Å². The maximum absolute atomic E-state index is 13.1. The summed E-state index contributed by atoms with van der Waals surface area (Å²) in [5.74, 6) is -0.977. The van der Waals surface area contributed by atoms with Crippen LogP contribution in [0.5, 0.6) is 0 Å². The van der Waals surface area contributed by atoms with Gasteiger partial charge in [0.2, 0.25) is 10.0 Å². The molecule has 1 aromatic heterocycles. The van der Waals surface area contributed by atoms with E-state index < -0.39 is 16.0 Å². The Labute approximate surface area is 154 Å². The second-order valence-electron chi connectivity index (χ2n) is 6.45. The third kappa shape index (κ3) is 4.28. The van der Waals surface area contributed by atoms with Gasteiger partial charge in [-0.1, -0.05) is 6.07 Å². The van der Waals surface area contributed by atoms with Gasteiger partial charge in [-0.25, -0.2) is 12.7 Å². The lowest BCUT2D eigenvalue weighted by molar-refractivity contribution is -0.136. The number of carbonyl (C=O) groups is 1. The summed E-state index contributed by atoms with van der Waals surface area (Å²) in [7, 11) is -2.17. The Hall–Kier alpha value is -2.25. The Bertz CT molecular complexity index is 909. The van der Waals surface area contributed by atoms with Crippen LogP contribution in [0.1, 0.15) is 27.8 Å². The van der Waals surface area contributed by atoms with E-state index in [0.717, 1.165) is 11.1 Å². The molecule has 0 atom stereocenters. The summed E-state index contributed by atoms with van der Waals surface area (Å²) in [6.07, 6.45) is 3.73. The SMILES string of the molecule is Cc1cc(C)c(S(=O)(=O)N(C)CCc2ccncc2)c(C)c1CC(=O)O. The average Bonchev–Trinajstić information content (AvgIpc) is 2.56. The summed E-state index contributed by atoms with van der Waals surface area (Å²) < 4.78 is 27.5. The Morgan fingerprint density at radius 3 is 2.35 bits per heavy atom. The first-order chi connectivity index (χ1) is 12.1. The third-order valence-electron chi connectivity index (χ3n) is 4.52. The number of hydrogen-bond donors (Lipinski definition) is 1. The molecule has 26 heavy (non-hydrogen) atoms. The van der Waals surface area contributed by atoms with Gasteiger partial charge in [-0.2, -0.15) is 0 Å². The van der Waals surface area contributed by atoms with Crippen LogP contribution < -0.4 is 0 Å². The van der Waals surface area contributed by atoms with E-state index >= 15 is 0 Å². The monoisotopic (exact) mass is 376 g/mol. The highest BCUT2D eigenvalue weighted by molar-refractivity contribution is 7.89. The molecule has 1 N–H and O–H groups in total. The number of likely N-dealkylation sites (N-methyl/N-ethyl adjacent to an activating group) is 1. The zero-order chi connectivity index (χ0) is 19.5. The molecule has 0 spiro atoms. The molecule has 0 fully saturated rings. The predicted molar refractivity (Wildman–Crippen MR) is 99.7 cm³/mol. The lowest BCUT2D eigenvalue weighted by atomic mass is 9.97. The molecular weight excluding hydrogens is 352 g/mol. The van der Waals surface area contributed by atoms with Gasteiger partial charge in [0.15, 0.2) is 0 Å². The summed E-state index contributed by atoms with van der Waals surface area (Å²) in [6.45, 7) is 5.56. The zero-order valence-electron chi connectivity index (χ0n) is 15.5. The lowest BCUT2D eigenvalue weighted by Gasteiger charge is -2.22. The van der Waals surface area contributed by atoms with E-state index in [1.807, 2.05) is 19.1 Å². The van der Waals surface area contributed by atoms with Crippen molar-refractivity contribution in [1.82, 2.24) is 9.29 Å². The maximum atomic E-state index is 13.1. The van der Waals surface area contributed by atoms with E-state index in [2.05, 4.69) is 4.98 Å². The number of aliphatic carboxylic acids is 1. The normalized spacial score (nSPS) is 11.7. The molecule has 0 aliphatic carbocycles. The van der Waals surface area contributed by atoms with Crippen LogP contribution in [-0.4, -0.2) is 42.4 Å². The second-order valence-corrected chi connectivity index (χ2v) is 8.43. The smallest absolute Gasteiger partial charge is 0.307 e. The number of carboxylic acids is 1. The molecule has 6 nitrogen and oxygen atoms in total. The summed E-state index contributed by atoms with van der Waals surface area (Å²) >= 11 is 0. The summed E-state index contributed by atoms with van der Waals surface area (Å²) in [5, 5.41) is 9.13. The number of pyridine rings is 1. The number of benzene rings is 1. The van der Waals surface area contributed by atoms with E-state index in [0.29, 0.717) is 29.7 Å². The summed E-state index contributed by atoms with van der Waals surface area (Å²) in [5.41, 5.74) is 3.50. The molecule has 1 heterocycles. The first kappa shape index (κ1) is 20.1.